The van der Waals surface area contributed by atoms with E-state index in [1.165, 1.54) is 12.0 Å². The van der Waals surface area contributed by atoms with Gasteiger partial charge in [0.2, 0.25) is 0 Å². The maximum atomic E-state index is 3.68. The fraction of sp³-hybridized carbons (Fsp3) is 0.625. The molecule has 0 aromatic heterocycles. The van der Waals surface area contributed by atoms with E-state index in [0.717, 1.165) is 13.1 Å². The molecular weight excluding hydrogens is 220 g/mol. The minimum absolute atomic E-state index is 0.395. The van der Waals surface area contributed by atoms with E-state index in [9.17, 15) is 0 Å². The zero-order chi connectivity index (χ0) is 13.6. The van der Waals surface area contributed by atoms with E-state index in [4.69, 9.17) is 0 Å². The Balaban J connectivity index is 2.57. The second kappa shape index (κ2) is 6.91. The van der Waals surface area contributed by atoms with Gasteiger partial charge in [0.1, 0.15) is 0 Å². The number of nitrogens with zero attached hydrogens (tertiary/aromatic N) is 1. The Bertz CT molecular complexity index is 325. The third kappa shape index (κ3) is 6.18. The Kier molecular flexibility index (Phi) is 5.83. The molecule has 0 aliphatic rings. The lowest BCUT2D eigenvalue weighted by Gasteiger charge is -2.25. The minimum atomic E-state index is 0.395. The molecule has 1 aromatic carbocycles. The Hall–Kier alpha value is -0.860. The van der Waals surface area contributed by atoms with E-state index in [-0.39, 0.29) is 0 Å². The van der Waals surface area contributed by atoms with Gasteiger partial charge in [0.25, 0.3) is 0 Å². The van der Waals surface area contributed by atoms with Crippen LogP contribution < -0.4 is 5.32 Å². The molecule has 0 heterocycles. The number of nitrogens with one attached hydrogen (secondary N) is 1. The highest BCUT2D eigenvalue weighted by Crippen LogP contribution is 2.19. The van der Waals surface area contributed by atoms with Crippen LogP contribution in [0.2, 0.25) is 0 Å². The molecule has 0 spiro atoms. The summed E-state index contributed by atoms with van der Waals surface area (Å²) in [5.74, 6) is 0. The van der Waals surface area contributed by atoms with Crippen LogP contribution in [0.1, 0.15) is 38.8 Å². The molecule has 1 rings (SSSR count). The fourth-order valence-corrected chi connectivity index (χ4v) is 1.96. The number of hydrogen-bond donors (Lipinski definition) is 1. The molecule has 1 N–H and O–H groups in total. The molecule has 0 radical (unpaired) electrons. The predicted octanol–water partition coefficient (Wildman–Crippen LogP) is 3.32. The van der Waals surface area contributed by atoms with Crippen LogP contribution >= 0.6 is 0 Å². The van der Waals surface area contributed by atoms with Crippen LogP contribution in [0.3, 0.4) is 0 Å². The summed E-state index contributed by atoms with van der Waals surface area (Å²) < 4.78 is 0. The van der Waals surface area contributed by atoms with Crippen molar-refractivity contribution in [1.82, 2.24) is 10.2 Å². The molecule has 0 fully saturated rings. The largest absolute Gasteiger partial charge is 0.309 e. The van der Waals surface area contributed by atoms with E-state index in [1.54, 1.807) is 0 Å². The van der Waals surface area contributed by atoms with E-state index in [0.29, 0.717) is 11.5 Å². The minimum Gasteiger partial charge on any atom is -0.309 e. The first kappa shape index (κ1) is 15.2. The van der Waals surface area contributed by atoms with Crippen LogP contribution in [0.15, 0.2) is 30.3 Å². The molecule has 0 aliphatic heterocycles. The fourth-order valence-electron chi connectivity index (χ4n) is 1.96. The first-order valence-corrected chi connectivity index (χ1v) is 6.81. The molecule has 2 heteroatoms. The van der Waals surface area contributed by atoms with Crippen molar-refractivity contribution in [3.63, 3.8) is 0 Å². The molecule has 1 aromatic rings. The lowest BCUT2D eigenvalue weighted by molar-refractivity contribution is 0.314. The molecule has 0 saturated carbocycles. The van der Waals surface area contributed by atoms with Crippen LogP contribution in [0.5, 0.6) is 0 Å². The van der Waals surface area contributed by atoms with Gasteiger partial charge in [0.15, 0.2) is 0 Å². The summed E-state index contributed by atoms with van der Waals surface area (Å²) in [6.07, 6.45) is 1.20. The van der Waals surface area contributed by atoms with Gasteiger partial charge in [-0.15, -0.1) is 0 Å². The predicted molar refractivity (Wildman–Crippen MR) is 79.8 cm³/mol. The van der Waals surface area contributed by atoms with Crippen LogP contribution in [-0.2, 0) is 0 Å². The second-order valence-electron chi connectivity index (χ2n) is 6.49. The smallest absolute Gasteiger partial charge is 0.0449 e. The van der Waals surface area contributed by atoms with Gasteiger partial charge in [-0.2, -0.15) is 0 Å². The van der Waals surface area contributed by atoms with Gasteiger partial charge in [0, 0.05) is 12.6 Å². The van der Waals surface area contributed by atoms with Crippen LogP contribution in [0, 0.1) is 5.41 Å². The van der Waals surface area contributed by atoms with E-state index < -0.39 is 0 Å². The summed E-state index contributed by atoms with van der Waals surface area (Å²) in [4.78, 5) is 2.24. The molecular formula is C16H28N2. The first-order valence-electron chi connectivity index (χ1n) is 6.81. The molecule has 0 saturated heterocycles. The van der Waals surface area contributed by atoms with Crippen molar-refractivity contribution < 1.29 is 0 Å². The highest BCUT2D eigenvalue weighted by atomic mass is 15.1. The summed E-state index contributed by atoms with van der Waals surface area (Å²) >= 11 is 0. The molecule has 2 nitrogen and oxygen atoms in total. The third-order valence-corrected chi connectivity index (χ3v) is 3.02. The van der Waals surface area contributed by atoms with Crippen molar-refractivity contribution in [1.29, 1.82) is 0 Å². The zero-order valence-electron chi connectivity index (χ0n) is 12.5. The van der Waals surface area contributed by atoms with Crippen molar-refractivity contribution in [3.8, 4) is 0 Å². The number of benzene rings is 1. The SMILES string of the molecule is CN(C)CC(NCCC(C)(C)C)c1ccccc1. The van der Waals surface area contributed by atoms with E-state index >= 15 is 0 Å². The van der Waals surface area contributed by atoms with Crippen molar-refractivity contribution in [2.24, 2.45) is 5.41 Å². The summed E-state index contributed by atoms with van der Waals surface area (Å²) in [5, 5.41) is 3.68. The molecule has 18 heavy (non-hydrogen) atoms. The van der Waals surface area contributed by atoms with Gasteiger partial charge < -0.3 is 10.2 Å². The van der Waals surface area contributed by atoms with Crippen LogP contribution in [0.25, 0.3) is 0 Å². The maximum Gasteiger partial charge on any atom is 0.0449 e. The monoisotopic (exact) mass is 248 g/mol. The van der Waals surface area contributed by atoms with Gasteiger partial charge in [-0.1, -0.05) is 51.1 Å². The third-order valence-electron chi connectivity index (χ3n) is 3.02. The van der Waals surface area contributed by atoms with Crippen molar-refractivity contribution >= 4 is 0 Å². The van der Waals surface area contributed by atoms with E-state index in [1.807, 2.05) is 0 Å². The number of rotatable bonds is 6. The Morgan fingerprint density at radius 3 is 2.22 bits per heavy atom. The summed E-state index contributed by atoms with van der Waals surface area (Å²) in [6.45, 7) is 8.97. The number of likely N-dealkylation sites (N-methyl/N-ethyl adjacent to an activating group) is 1. The molecule has 102 valence electrons. The Labute approximate surface area is 112 Å². The molecule has 1 unspecified atom stereocenters. The molecule has 0 amide bonds. The van der Waals surface area contributed by atoms with Gasteiger partial charge in [-0.25, -0.2) is 0 Å². The van der Waals surface area contributed by atoms with Gasteiger partial charge in [-0.3, -0.25) is 0 Å². The Morgan fingerprint density at radius 2 is 1.72 bits per heavy atom. The van der Waals surface area contributed by atoms with Crippen molar-refractivity contribution in [2.45, 2.75) is 33.2 Å². The zero-order valence-corrected chi connectivity index (χ0v) is 12.5. The quantitative estimate of drug-likeness (QED) is 0.831. The van der Waals surface area contributed by atoms with E-state index in [2.05, 4.69) is 75.4 Å². The highest BCUT2D eigenvalue weighted by Gasteiger charge is 2.14. The summed E-state index contributed by atoms with van der Waals surface area (Å²) in [5.41, 5.74) is 1.77. The normalized spacial score (nSPS) is 13.9. The van der Waals surface area contributed by atoms with Gasteiger partial charge in [-0.05, 0) is 38.0 Å². The highest BCUT2D eigenvalue weighted by molar-refractivity contribution is 5.19. The lowest BCUT2D eigenvalue weighted by atomic mass is 9.92. The average molecular weight is 248 g/mol. The molecule has 0 bridgehead atoms. The summed E-state index contributed by atoms with van der Waals surface area (Å²) in [7, 11) is 4.25. The standard InChI is InChI=1S/C16H28N2/c1-16(2,3)11-12-17-15(13-18(4)5)14-9-7-6-8-10-14/h6-10,15,17H,11-13H2,1-5H3. The average Bonchev–Trinajstić information content (AvgIpc) is 2.27. The Morgan fingerprint density at radius 1 is 1.11 bits per heavy atom. The first-order chi connectivity index (χ1) is 8.38. The molecule has 1 atom stereocenters. The summed E-state index contributed by atoms with van der Waals surface area (Å²) in [6, 6.07) is 11.1. The van der Waals surface area contributed by atoms with Crippen LogP contribution in [0.4, 0.5) is 0 Å². The maximum absolute atomic E-state index is 3.68. The second-order valence-corrected chi connectivity index (χ2v) is 6.49. The van der Waals surface area contributed by atoms with Gasteiger partial charge in [0.05, 0.1) is 0 Å². The van der Waals surface area contributed by atoms with Crippen molar-refractivity contribution in [2.75, 3.05) is 27.2 Å². The lowest BCUT2D eigenvalue weighted by Crippen LogP contribution is -2.33. The molecule has 0 aliphatic carbocycles. The number of hydrogen-bond acceptors (Lipinski definition) is 2. The topological polar surface area (TPSA) is 15.3 Å². The van der Waals surface area contributed by atoms with Gasteiger partial charge >= 0.3 is 0 Å². The van der Waals surface area contributed by atoms with Crippen LogP contribution in [-0.4, -0.2) is 32.1 Å². The van der Waals surface area contributed by atoms with Crippen molar-refractivity contribution in [3.05, 3.63) is 35.9 Å².